The highest BCUT2D eigenvalue weighted by molar-refractivity contribution is 6.12. The normalized spacial score (nSPS) is 16.9. The molecule has 0 radical (unpaired) electrons. The summed E-state index contributed by atoms with van der Waals surface area (Å²) in [4.78, 5) is 22.8. The number of aryl methyl sites for hydroxylation is 1. The molecule has 0 N–H and O–H groups in total. The molecular formula is C17H14O4. The molecular weight excluding hydrogens is 268 g/mol. The summed E-state index contributed by atoms with van der Waals surface area (Å²) in [5.74, 6) is 0.646. The van der Waals surface area contributed by atoms with Crippen LogP contribution in [0.4, 0.5) is 0 Å². The van der Waals surface area contributed by atoms with E-state index in [-0.39, 0.29) is 12.4 Å². The summed E-state index contributed by atoms with van der Waals surface area (Å²) in [6, 6.07) is 7.99. The van der Waals surface area contributed by atoms with Crippen molar-refractivity contribution in [2.24, 2.45) is 0 Å². The second kappa shape index (κ2) is 5.40. The fraction of sp³-hybridized carbons (Fsp3) is 0.176. The van der Waals surface area contributed by atoms with Crippen molar-refractivity contribution in [3.8, 4) is 0 Å². The van der Waals surface area contributed by atoms with Gasteiger partial charge >= 0.3 is 0 Å². The molecule has 0 saturated heterocycles. The van der Waals surface area contributed by atoms with Gasteiger partial charge in [0.1, 0.15) is 19.5 Å². The Morgan fingerprint density at radius 3 is 2.95 bits per heavy atom. The van der Waals surface area contributed by atoms with Gasteiger partial charge in [-0.25, -0.2) is 0 Å². The fourth-order valence-electron chi connectivity index (χ4n) is 2.38. The molecule has 0 unspecified atom stereocenters. The molecule has 4 heteroatoms. The SMILES string of the molecule is Cc1cccc(COC2=C3OCC(C=O)=C3C(=O)C=C2)c1. The van der Waals surface area contributed by atoms with Crippen molar-refractivity contribution in [1.29, 1.82) is 0 Å². The van der Waals surface area contributed by atoms with Gasteiger partial charge in [-0.15, -0.1) is 0 Å². The van der Waals surface area contributed by atoms with E-state index in [1.165, 1.54) is 6.08 Å². The first-order valence-corrected chi connectivity index (χ1v) is 6.65. The number of carbonyl (C=O) groups excluding carboxylic acids is 2. The predicted molar refractivity (Wildman–Crippen MR) is 76.2 cm³/mol. The minimum Gasteiger partial charge on any atom is -0.485 e. The molecule has 21 heavy (non-hydrogen) atoms. The van der Waals surface area contributed by atoms with Gasteiger partial charge < -0.3 is 9.47 Å². The topological polar surface area (TPSA) is 52.6 Å². The third-order valence-electron chi connectivity index (χ3n) is 3.40. The van der Waals surface area contributed by atoms with Crippen LogP contribution in [0.3, 0.4) is 0 Å². The Kier molecular flexibility index (Phi) is 3.44. The van der Waals surface area contributed by atoms with Crippen LogP contribution in [0.5, 0.6) is 0 Å². The second-order valence-corrected chi connectivity index (χ2v) is 4.98. The van der Waals surface area contributed by atoms with Crippen molar-refractivity contribution in [3.05, 3.63) is 70.2 Å². The van der Waals surface area contributed by atoms with Crippen LogP contribution in [-0.4, -0.2) is 18.7 Å². The van der Waals surface area contributed by atoms with Crippen LogP contribution in [0.1, 0.15) is 11.1 Å². The van der Waals surface area contributed by atoms with Crippen LogP contribution in [0, 0.1) is 6.92 Å². The maximum Gasteiger partial charge on any atom is 0.190 e. The summed E-state index contributed by atoms with van der Waals surface area (Å²) in [5.41, 5.74) is 2.89. The molecule has 0 spiro atoms. The molecule has 0 aromatic heterocycles. The molecule has 0 fully saturated rings. The molecule has 3 rings (SSSR count). The standard InChI is InChI=1S/C17H14O4/c1-11-3-2-4-12(7-11)9-20-15-6-5-14(19)16-13(8-18)10-21-17(15)16/h2-8H,9-10H2,1H3. The van der Waals surface area contributed by atoms with E-state index < -0.39 is 0 Å². The van der Waals surface area contributed by atoms with Crippen molar-refractivity contribution in [1.82, 2.24) is 0 Å². The van der Waals surface area contributed by atoms with Crippen molar-refractivity contribution in [2.45, 2.75) is 13.5 Å². The first-order chi connectivity index (χ1) is 10.2. The minimum absolute atomic E-state index is 0.124. The number of rotatable bonds is 4. The number of ether oxygens (including phenoxy) is 2. The van der Waals surface area contributed by atoms with Crippen LogP contribution >= 0.6 is 0 Å². The molecule has 1 aliphatic heterocycles. The number of hydrogen-bond acceptors (Lipinski definition) is 4. The average Bonchev–Trinajstić information content (AvgIpc) is 2.92. The molecule has 0 atom stereocenters. The Hall–Kier alpha value is -2.62. The molecule has 0 saturated carbocycles. The maximum absolute atomic E-state index is 11.8. The number of fused-ring (bicyclic) bond motifs is 1. The van der Waals surface area contributed by atoms with Gasteiger partial charge in [-0.1, -0.05) is 29.8 Å². The van der Waals surface area contributed by atoms with Crippen molar-refractivity contribution in [3.63, 3.8) is 0 Å². The van der Waals surface area contributed by atoms with Crippen LogP contribution in [-0.2, 0) is 25.7 Å². The van der Waals surface area contributed by atoms with Gasteiger partial charge in [-0.05, 0) is 24.6 Å². The highest BCUT2D eigenvalue weighted by Crippen LogP contribution is 2.32. The van der Waals surface area contributed by atoms with Gasteiger partial charge in [0, 0.05) is 5.57 Å². The lowest BCUT2D eigenvalue weighted by atomic mass is 10.0. The van der Waals surface area contributed by atoms with E-state index in [1.807, 2.05) is 31.2 Å². The molecule has 0 bridgehead atoms. The summed E-state index contributed by atoms with van der Waals surface area (Å²) in [6.45, 7) is 2.52. The monoisotopic (exact) mass is 282 g/mol. The lowest BCUT2D eigenvalue weighted by molar-refractivity contribution is -0.112. The summed E-state index contributed by atoms with van der Waals surface area (Å²) in [5, 5.41) is 0. The molecule has 2 aliphatic rings. The lowest BCUT2D eigenvalue weighted by Crippen LogP contribution is -2.10. The smallest absolute Gasteiger partial charge is 0.190 e. The molecule has 4 nitrogen and oxygen atoms in total. The summed E-state index contributed by atoms with van der Waals surface area (Å²) >= 11 is 0. The quantitative estimate of drug-likeness (QED) is 0.796. The Labute approximate surface area is 122 Å². The van der Waals surface area contributed by atoms with E-state index >= 15 is 0 Å². The highest BCUT2D eigenvalue weighted by atomic mass is 16.5. The summed E-state index contributed by atoms with van der Waals surface area (Å²) < 4.78 is 11.2. The predicted octanol–water partition coefficient (Wildman–Crippen LogP) is 2.39. The van der Waals surface area contributed by atoms with Crippen molar-refractivity contribution in [2.75, 3.05) is 6.61 Å². The van der Waals surface area contributed by atoms with Gasteiger partial charge in [-0.2, -0.15) is 0 Å². The van der Waals surface area contributed by atoms with E-state index in [2.05, 4.69) is 0 Å². The van der Waals surface area contributed by atoms with E-state index in [0.29, 0.717) is 35.6 Å². The Balaban J connectivity index is 1.84. The van der Waals surface area contributed by atoms with Gasteiger partial charge in [0.15, 0.2) is 17.3 Å². The highest BCUT2D eigenvalue weighted by Gasteiger charge is 2.31. The first kappa shape index (κ1) is 13.4. The zero-order valence-corrected chi connectivity index (χ0v) is 11.6. The minimum atomic E-state index is -0.215. The number of ketones is 1. The van der Waals surface area contributed by atoms with Crippen LogP contribution < -0.4 is 0 Å². The van der Waals surface area contributed by atoms with Crippen molar-refractivity contribution >= 4 is 12.1 Å². The first-order valence-electron chi connectivity index (χ1n) is 6.65. The number of benzene rings is 1. The third kappa shape index (κ3) is 2.52. The van der Waals surface area contributed by atoms with Crippen LogP contribution in [0.15, 0.2) is 59.1 Å². The average molecular weight is 282 g/mol. The Bertz CT molecular complexity index is 707. The Morgan fingerprint density at radius 1 is 1.33 bits per heavy atom. The number of aldehydes is 1. The van der Waals surface area contributed by atoms with Gasteiger partial charge in [0.05, 0.1) is 5.57 Å². The van der Waals surface area contributed by atoms with Gasteiger partial charge in [-0.3, -0.25) is 9.59 Å². The largest absolute Gasteiger partial charge is 0.485 e. The van der Waals surface area contributed by atoms with E-state index in [4.69, 9.17) is 9.47 Å². The molecule has 1 aromatic rings. The Morgan fingerprint density at radius 2 is 2.19 bits per heavy atom. The molecule has 1 aliphatic carbocycles. The van der Waals surface area contributed by atoms with Crippen LogP contribution in [0.2, 0.25) is 0 Å². The molecule has 1 aromatic carbocycles. The number of carbonyl (C=O) groups is 2. The van der Waals surface area contributed by atoms with Crippen LogP contribution in [0.25, 0.3) is 0 Å². The number of allylic oxidation sites excluding steroid dienone is 3. The van der Waals surface area contributed by atoms with E-state index in [9.17, 15) is 9.59 Å². The fourth-order valence-corrected chi connectivity index (χ4v) is 2.38. The number of hydrogen-bond donors (Lipinski definition) is 0. The lowest BCUT2D eigenvalue weighted by Gasteiger charge is -2.14. The maximum atomic E-state index is 11.8. The third-order valence-corrected chi connectivity index (χ3v) is 3.40. The van der Waals surface area contributed by atoms with E-state index in [1.54, 1.807) is 6.08 Å². The zero-order chi connectivity index (χ0) is 14.8. The molecule has 106 valence electrons. The molecule has 0 amide bonds. The van der Waals surface area contributed by atoms with Gasteiger partial charge in [0.25, 0.3) is 0 Å². The second-order valence-electron chi connectivity index (χ2n) is 4.98. The van der Waals surface area contributed by atoms with Crippen molar-refractivity contribution < 1.29 is 19.1 Å². The van der Waals surface area contributed by atoms with Gasteiger partial charge in [0.2, 0.25) is 0 Å². The van der Waals surface area contributed by atoms with E-state index in [0.717, 1.165) is 11.1 Å². The zero-order valence-electron chi connectivity index (χ0n) is 11.6. The molecule has 1 heterocycles. The summed E-state index contributed by atoms with van der Waals surface area (Å²) in [6.07, 6.45) is 3.66. The summed E-state index contributed by atoms with van der Waals surface area (Å²) in [7, 11) is 0.